The molecule has 6 nitrogen and oxygen atoms in total. The lowest BCUT2D eigenvalue weighted by atomic mass is 10.1. The predicted octanol–water partition coefficient (Wildman–Crippen LogP) is 2.76. The van der Waals surface area contributed by atoms with Gasteiger partial charge in [0.05, 0.1) is 18.9 Å². The Morgan fingerprint density at radius 3 is 2.74 bits per heavy atom. The van der Waals surface area contributed by atoms with Crippen molar-refractivity contribution >= 4 is 11.9 Å². The SMILES string of the molecule is COC(=O)c1c(C)[nH]c(C(=O)NC(C)CCc2ccco2)c1C. The van der Waals surface area contributed by atoms with Gasteiger partial charge in [0, 0.05) is 18.2 Å². The van der Waals surface area contributed by atoms with Gasteiger partial charge in [-0.25, -0.2) is 4.79 Å². The third kappa shape index (κ3) is 3.83. The Morgan fingerprint density at radius 2 is 2.13 bits per heavy atom. The van der Waals surface area contributed by atoms with Crippen LogP contribution in [0.3, 0.4) is 0 Å². The number of methoxy groups -OCH3 is 1. The van der Waals surface area contributed by atoms with E-state index in [-0.39, 0.29) is 11.9 Å². The molecule has 0 aliphatic rings. The van der Waals surface area contributed by atoms with Crippen LogP contribution in [0.1, 0.15) is 51.2 Å². The molecule has 2 rings (SSSR count). The maximum Gasteiger partial charge on any atom is 0.339 e. The Labute approximate surface area is 135 Å². The Balaban J connectivity index is 2.01. The van der Waals surface area contributed by atoms with Gasteiger partial charge in [-0.05, 0) is 44.9 Å². The lowest BCUT2D eigenvalue weighted by Gasteiger charge is -2.13. The summed E-state index contributed by atoms with van der Waals surface area (Å²) < 4.78 is 10.0. The van der Waals surface area contributed by atoms with E-state index < -0.39 is 5.97 Å². The number of hydrogen-bond donors (Lipinski definition) is 2. The van der Waals surface area contributed by atoms with Gasteiger partial charge >= 0.3 is 5.97 Å². The molecule has 2 heterocycles. The second-order valence-electron chi connectivity index (χ2n) is 5.61. The number of ether oxygens (including phenoxy) is 1. The monoisotopic (exact) mass is 318 g/mol. The fourth-order valence-electron chi connectivity index (χ4n) is 2.57. The molecule has 0 spiro atoms. The topological polar surface area (TPSA) is 84.3 Å². The number of hydrogen-bond acceptors (Lipinski definition) is 4. The summed E-state index contributed by atoms with van der Waals surface area (Å²) in [5, 5.41) is 2.93. The molecule has 0 radical (unpaired) electrons. The molecule has 2 aromatic heterocycles. The molecule has 0 saturated carbocycles. The molecule has 0 bridgehead atoms. The number of aryl methyl sites for hydroxylation is 2. The van der Waals surface area contributed by atoms with E-state index in [2.05, 4.69) is 10.3 Å². The molecule has 6 heteroatoms. The molecule has 124 valence electrons. The highest BCUT2D eigenvalue weighted by atomic mass is 16.5. The molecule has 0 aliphatic carbocycles. The minimum Gasteiger partial charge on any atom is -0.469 e. The van der Waals surface area contributed by atoms with Crippen molar-refractivity contribution < 1.29 is 18.7 Å². The highest BCUT2D eigenvalue weighted by molar-refractivity contribution is 6.00. The maximum atomic E-state index is 12.4. The zero-order valence-corrected chi connectivity index (χ0v) is 13.9. The van der Waals surface area contributed by atoms with Crippen LogP contribution in [0.5, 0.6) is 0 Å². The van der Waals surface area contributed by atoms with Gasteiger partial charge < -0.3 is 19.5 Å². The number of amides is 1. The summed E-state index contributed by atoms with van der Waals surface area (Å²) in [6.07, 6.45) is 3.16. The summed E-state index contributed by atoms with van der Waals surface area (Å²) in [4.78, 5) is 27.1. The molecule has 2 aromatic rings. The Hall–Kier alpha value is -2.50. The number of rotatable bonds is 6. The van der Waals surface area contributed by atoms with E-state index >= 15 is 0 Å². The summed E-state index contributed by atoms with van der Waals surface area (Å²) in [6, 6.07) is 3.74. The molecule has 1 unspecified atom stereocenters. The average Bonchev–Trinajstić information content (AvgIpc) is 3.12. The van der Waals surface area contributed by atoms with E-state index in [4.69, 9.17) is 9.15 Å². The van der Waals surface area contributed by atoms with Gasteiger partial charge in [-0.2, -0.15) is 0 Å². The maximum absolute atomic E-state index is 12.4. The van der Waals surface area contributed by atoms with Crippen molar-refractivity contribution in [1.82, 2.24) is 10.3 Å². The number of carbonyl (C=O) groups is 2. The first-order chi connectivity index (χ1) is 10.9. The zero-order chi connectivity index (χ0) is 17.0. The third-order valence-corrected chi connectivity index (χ3v) is 3.84. The smallest absolute Gasteiger partial charge is 0.339 e. The molecule has 1 amide bonds. The van der Waals surface area contributed by atoms with Gasteiger partial charge in [0.1, 0.15) is 11.5 Å². The van der Waals surface area contributed by atoms with Crippen molar-refractivity contribution in [1.29, 1.82) is 0 Å². The van der Waals surface area contributed by atoms with Crippen molar-refractivity contribution in [2.24, 2.45) is 0 Å². The molecule has 2 N–H and O–H groups in total. The summed E-state index contributed by atoms with van der Waals surface area (Å²) in [6.45, 7) is 5.42. The summed E-state index contributed by atoms with van der Waals surface area (Å²) in [7, 11) is 1.32. The number of esters is 1. The van der Waals surface area contributed by atoms with Crippen LogP contribution in [0.15, 0.2) is 22.8 Å². The highest BCUT2D eigenvalue weighted by Crippen LogP contribution is 2.19. The van der Waals surface area contributed by atoms with Crippen molar-refractivity contribution in [2.45, 2.75) is 39.7 Å². The van der Waals surface area contributed by atoms with Gasteiger partial charge in [0.2, 0.25) is 0 Å². The van der Waals surface area contributed by atoms with Crippen molar-refractivity contribution in [3.8, 4) is 0 Å². The number of carbonyl (C=O) groups excluding carboxylic acids is 2. The minimum atomic E-state index is -0.443. The van der Waals surface area contributed by atoms with Gasteiger partial charge in [-0.1, -0.05) is 0 Å². The minimum absolute atomic E-state index is 0.0165. The normalized spacial score (nSPS) is 12.0. The number of aromatic nitrogens is 1. The molecule has 23 heavy (non-hydrogen) atoms. The number of H-pyrrole nitrogens is 1. The van der Waals surface area contributed by atoms with Gasteiger partial charge in [-0.3, -0.25) is 4.79 Å². The lowest BCUT2D eigenvalue weighted by Crippen LogP contribution is -2.33. The first kappa shape index (κ1) is 16.9. The molecular weight excluding hydrogens is 296 g/mol. The molecule has 1 atom stereocenters. The van der Waals surface area contributed by atoms with Crippen molar-refractivity contribution in [3.05, 3.63) is 46.7 Å². The van der Waals surface area contributed by atoms with E-state index in [1.807, 2.05) is 19.1 Å². The summed E-state index contributed by atoms with van der Waals surface area (Å²) in [5.74, 6) is 0.222. The quantitative estimate of drug-likeness (QED) is 0.802. The van der Waals surface area contributed by atoms with Crippen LogP contribution in [0.4, 0.5) is 0 Å². The highest BCUT2D eigenvalue weighted by Gasteiger charge is 2.23. The second-order valence-corrected chi connectivity index (χ2v) is 5.61. The fraction of sp³-hybridized carbons (Fsp3) is 0.412. The van der Waals surface area contributed by atoms with Crippen LogP contribution < -0.4 is 5.32 Å². The second kappa shape index (κ2) is 7.17. The fourth-order valence-corrected chi connectivity index (χ4v) is 2.57. The largest absolute Gasteiger partial charge is 0.469 e. The average molecular weight is 318 g/mol. The van der Waals surface area contributed by atoms with Crippen LogP contribution in [-0.4, -0.2) is 30.0 Å². The van der Waals surface area contributed by atoms with Gasteiger partial charge in [0.25, 0.3) is 5.91 Å². The van der Waals surface area contributed by atoms with E-state index in [1.54, 1.807) is 20.1 Å². The zero-order valence-electron chi connectivity index (χ0n) is 13.9. The van der Waals surface area contributed by atoms with E-state index in [9.17, 15) is 9.59 Å². The Kier molecular flexibility index (Phi) is 5.26. The number of aromatic amines is 1. The van der Waals surface area contributed by atoms with Crippen LogP contribution >= 0.6 is 0 Å². The van der Waals surface area contributed by atoms with Crippen LogP contribution in [0.2, 0.25) is 0 Å². The molecule has 0 fully saturated rings. The predicted molar refractivity (Wildman–Crippen MR) is 85.6 cm³/mol. The van der Waals surface area contributed by atoms with Gasteiger partial charge in [0.15, 0.2) is 0 Å². The van der Waals surface area contributed by atoms with E-state index in [1.165, 1.54) is 7.11 Å². The summed E-state index contributed by atoms with van der Waals surface area (Å²) >= 11 is 0. The van der Waals surface area contributed by atoms with Crippen molar-refractivity contribution in [3.63, 3.8) is 0 Å². The lowest BCUT2D eigenvalue weighted by molar-refractivity contribution is 0.0599. The first-order valence-corrected chi connectivity index (χ1v) is 7.54. The van der Waals surface area contributed by atoms with E-state index in [0.717, 1.165) is 18.6 Å². The van der Waals surface area contributed by atoms with Crippen molar-refractivity contribution in [2.75, 3.05) is 7.11 Å². The molecule has 0 aliphatic heterocycles. The Bertz CT molecular complexity index is 686. The number of nitrogens with one attached hydrogen (secondary N) is 2. The first-order valence-electron chi connectivity index (χ1n) is 7.54. The molecular formula is C17H22N2O4. The van der Waals surface area contributed by atoms with E-state index in [0.29, 0.717) is 22.5 Å². The van der Waals surface area contributed by atoms with Gasteiger partial charge in [-0.15, -0.1) is 0 Å². The number of furan rings is 1. The Morgan fingerprint density at radius 1 is 1.39 bits per heavy atom. The summed E-state index contributed by atoms with van der Waals surface area (Å²) in [5.41, 5.74) is 2.04. The standard InChI is InChI=1S/C17H22N2O4/c1-10(7-8-13-6-5-9-23-13)18-16(20)15-11(2)14(12(3)19-15)17(21)22-4/h5-6,9-10,19H,7-8H2,1-4H3,(H,18,20). The van der Waals surface area contributed by atoms with Crippen LogP contribution in [0.25, 0.3) is 0 Å². The van der Waals surface area contributed by atoms with Crippen LogP contribution in [-0.2, 0) is 11.2 Å². The molecule has 0 aromatic carbocycles. The van der Waals surface area contributed by atoms with Crippen LogP contribution in [0, 0.1) is 13.8 Å². The molecule has 0 saturated heterocycles. The third-order valence-electron chi connectivity index (χ3n) is 3.84.